The van der Waals surface area contributed by atoms with E-state index in [2.05, 4.69) is 6.92 Å². The van der Waals surface area contributed by atoms with E-state index in [4.69, 9.17) is 0 Å². The van der Waals surface area contributed by atoms with Crippen LogP contribution in [0.15, 0.2) is 36.4 Å². The van der Waals surface area contributed by atoms with E-state index < -0.39 is 0 Å². The maximum atomic E-state index is 12.9. The highest BCUT2D eigenvalue weighted by Gasteiger charge is 2.24. The number of phenolic OH excluding ortho intramolecular Hbond substituents is 2. The van der Waals surface area contributed by atoms with E-state index in [9.17, 15) is 19.8 Å². The fourth-order valence-electron chi connectivity index (χ4n) is 4.94. The number of hydrogen-bond acceptors (Lipinski definition) is 4. The maximum absolute atomic E-state index is 12.9. The molecule has 0 aliphatic heterocycles. The van der Waals surface area contributed by atoms with Crippen LogP contribution < -0.4 is 0 Å². The summed E-state index contributed by atoms with van der Waals surface area (Å²) in [5, 5.41) is 20.7. The van der Waals surface area contributed by atoms with E-state index in [-0.39, 0.29) is 34.2 Å². The van der Waals surface area contributed by atoms with Gasteiger partial charge in [0.1, 0.15) is 11.5 Å². The lowest BCUT2D eigenvalue weighted by Crippen LogP contribution is -2.10. The Morgan fingerprint density at radius 1 is 0.639 bits per heavy atom. The molecule has 4 heteroatoms. The summed E-state index contributed by atoms with van der Waals surface area (Å²) in [5.41, 5.74) is 1.01. The molecule has 0 saturated carbocycles. The lowest BCUT2D eigenvalue weighted by Gasteiger charge is -2.14. The molecule has 0 atom stereocenters. The minimum Gasteiger partial charge on any atom is -0.507 e. The van der Waals surface area contributed by atoms with Crippen molar-refractivity contribution in [3.63, 3.8) is 0 Å². The second kappa shape index (κ2) is 16.9. The molecule has 0 unspecified atom stereocenters. The fraction of sp³-hybridized carbons (Fsp3) is 0.562. The van der Waals surface area contributed by atoms with Crippen molar-refractivity contribution in [2.75, 3.05) is 0 Å². The van der Waals surface area contributed by atoms with Crippen LogP contribution in [0, 0.1) is 6.92 Å². The van der Waals surface area contributed by atoms with Crippen molar-refractivity contribution in [1.29, 1.82) is 0 Å². The molecule has 0 aromatic heterocycles. The molecule has 4 nitrogen and oxygen atoms in total. The second-order valence-corrected chi connectivity index (χ2v) is 10.1. The Labute approximate surface area is 218 Å². The zero-order chi connectivity index (χ0) is 26.2. The summed E-state index contributed by atoms with van der Waals surface area (Å²) < 4.78 is 0. The van der Waals surface area contributed by atoms with Crippen molar-refractivity contribution >= 4 is 11.6 Å². The number of hydrogen-bond donors (Lipinski definition) is 2. The minimum atomic E-state index is -0.355. The molecule has 0 aliphatic carbocycles. The average molecular weight is 495 g/mol. The van der Waals surface area contributed by atoms with Crippen molar-refractivity contribution in [2.45, 2.75) is 117 Å². The lowest BCUT2D eigenvalue weighted by atomic mass is 9.91. The Balaban J connectivity index is 1.68. The third-order valence-corrected chi connectivity index (χ3v) is 7.08. The molecule has 2 aromatic carbocycles. The van der Waals surface area contributed by atoms with Crippen LogP contribution in [0.5, 0.6) is 11.5 Å². The van der Waals surface area contributed by atoms with E-state index in [1.807, 2.05) is 6.07 Å². The Kier molecular flexibility index (Phi) is 13.9. The van der Waals surface area contributed by atoms with Gasteiger partial charge in [0.15, 0.2) is 11.6 Å². The normalized spacial score (nSPS) is 11.1. The fourth-order valence-corrected chi connectivity index (χ4v) is 4.94. The van der Waals surface area contributed by atoms with Gasteiger partial charge in [0.25, 0.3) is 0 Å². The van der Waals surface area contributed by atoms with Gasteiger partial charge in [-0.15, -0.1) is 0 Å². The molecule has 2 aromatic rings. The summed E-state index contributed by atoms with van der Waals surface area (Å²) in [6, 6.07) is 9.77. The first kappa shape index (κ1) is 29.6. The maximum Gasteiger partial charge on any atom is 0.197 e. The zero-order valence-electron chi connectivity index (χ0n) is 22.5. The van der Waals surface area contributed by atoms with Crippen LogP contribution in [0.3, 0.4) is 0 Å². The summed E-state index contributed by atoms with van der Waals surface area (Å²) in [5.74, 6) is -1.10. The van der Waals surface area contributed by atoms with Crippen molar-refractivity contribution in [3.05, 3.63) is 58.7 Å². The third kappa shape index (κ3) is 9.79. The molecule has 198 valence electrons. The van der Waals surface area contributed by atoms with Gasteiger partial charge in [-0.05, 0) is 18.9 Å². The predicted molar refractivity (Wildman–Crippen MR) is 148 cm³/mol. The first-order valence-electron chi connectivity index (χ1n) is 14.2. The Morgan fingerprint density at radius 3 is 1.58 bits per heavy atom. The molecule has 0 saturated heterocycles. The van der Waals surface area contributed by atoms with Gasteiger partial charge in [0.05, 0.1) is 11.1 Å². The number of unbranched alkanes of at least 4 members (excludes halogenated alkanes) is 14. The molecule has 0 fully saturated rings. The number of rotatable bonds is 19. The van der Waals surface area contributed by atoms with E-state index in [1.54, 1.807) is 31.2 Å². The number of carbonyl (C=O) groups is 2. The van der Waals surface area contributed by atoms with Crippen molar-refractivity contribution in [3.8, 4) is 11.5 Å². The van der Waals surface area contributed by atoms with Gasteiger partial charge in [-0.1, -0.05) is 127 Å². The Bertz CT molecular complexity index is 933. The van der Waals surface area contributed by atoms with Crippen LogP contribution in [0.25, 0.3) is 0 Å². The lowest BCUT2D eigenvalue weighted by molar-refractivity contribution is 0.0976. The third-order valence-electron chi connectivity index (χ3n) is 7.08. The van der Waals surface area contributed by atoms with Crippen molar-refractivity contribution < 1.29 is 19.8 Å². The molecule has 2 rings (SSSR count). The molecule has 36 heavy (non-hydrogen) atoms. The van der Waals surface area contributed by atoms with Crippen LogP contribution in [0.2, 0.25) is 0 Å². The standard InChI is InChI=1S/C32H46O4/c1-3-4-5-6-7-8-9-10-11-12-13-14-15-16-20-23-27(33)30-25(2)31(29(35)24-28(30)34)32(36)26-21-18-17-19-22-26/h17-19,21-22,24,34-35H,3-16,20,23H2,1-2H3. The quantitative estimate of drug-likeness (QED) is 0.151. The summed E-state index contributed by atoms with van der Waals surface area (Å²) in [6.07, 6.45) is 19.3. The molecular weight excluding hydrogens is 448 g/mol. The smallest absolute Gasteiger partial charge is 0.197 e. The second-order valence-electron chi connectivity index (χ2n) is 10.1. The van der Waals surface area contributed by atoms with E-state index >= 15 is 0 Å². The number of ketones is 2. The van der Waals surface area contributed by atoms with Crippen molar-refractivity contribution in [1.82, 2.24) is 0 Å². The molecule has 0 spiro atoms. The number of phenols is 2. The highest BCUT2D eigenvalue weighted by atomic mass is 16.3. The topological polar surface area (TPSA) is 74.6 Å². The van der Waals surface area contributed by atoms with Crippen molar-refractivity contribution in [2.24, 2.45) is 0 Å². The van der Waals surface area contributed by atoms with Gasteiger partial charge in [-0.3, -0.25) is 9.59 Å². The van der Waals surface area contributed by atoms with Gasteiger partial charge in [-0.25, -0.2) is 0 Å². The van der Waals surface area contributed by atoms with Gasteiger partial charge in [0.2, 0.25) is 0 Å². The first-order chi connectivity index (χ1) is 17.5. The van der Waals surface area contributed by atoms with Crippen LogP contribution >= 0.6 is 0 Å². The summed E-state index contributed by atoms with van der Waals surface area (Å²) in [6.45, 7) is 3.88. The molecule has 0 aliphatic rings. The molecule has 0 amide bonds. The summed E-state index contributed by atoms with van der Waals surface area (Å²) in [4.78, 5) is 25.8. The van der Waals surface area contributed by atoms with Crippen LogP contribution in [0.1, 0.15) is 141 Å². The monoisotopic (exact) mass is 494 g/mol. The number of carbonyl (C=O) groups excluding carboxylic acids is 2. The van der Waals surface area contributed by atoms with E-state index in [0.717, 1.165) is 25.3 Å². The first-order valence-corrected chi connectivity index (χ1v) is 14.2. The number of Topliss-reactive ketones (excluding diaryl/α,β-unsaturated/α-hetero) is 1. The molecule has 2 N–H and O–H groups in total. The zero-order valence-corrected chi connectivity index (χ0v) is 22.5. The highest BCUT2D eigenvalue weighted by Crippen LogP contribution is 2.34. The van der Waals surface area contributed by atoms with Crippen LogP contribution in [-0.4, -0.2) is 21.8 Å². The Morgan fingerprint density at radius 2 is 1.08 bits per heavy atom. The SMILES string of the molecule is CCCCCCCCCCCCCCCCCC(=O)c1c(O)cc(O)c(C(=O)c2ccccc2)c1C. The van der Waals surface area contributed by atoms with Gasteiger partial charge in [-0.2, -0.15) is 0 Å². The van der Waals surface area contributed by atoms with E-state index in [1.165, 1.54) is 77.0 Å². The number of aromatic hydroxyl groups is 2. The largest absolute Gasteiger partial charge is 0.507 e. The molecular formula is C32H46O4. The van der Waals surface area contributed by atoms with Gasteiger partial charge >= 0.3 is 0 Å². The minimum absolute atomic E-state index is 0.0823. The molecule has 0 radical (unpaired) electrons. The van der Waals surface area contributed by atoms with E-state index in [0.29, 0.717) is 17.5 Å². The highest BCUT2D eigenvalue weighted by molar-refractivity contribution is 6.14. The average Bonchev–Trinajstić information content (AvgIpc) is 2.86. The van der Waals surface area contributed by atoms with Gasteiger partial charge < -0.3 is 10.2 Å². The van der Waals surface area contributed by atoms with Crippen LogP contribution in [0.4, 0.5) is 0 Å². The van der Waals surface area contributed by atoms with Crippen LogP contribution in [-0.2, 0) is 0 Å². The summed E-state index contributed by atoms with van der Waals surface area (Å²) >= 11 is 0. The van der Waals surface area contributed by atoms with Gasteiger partial charge in [0, 0.05) is 18.1 Å². The predicted octanol–water partition coefficient (Wildman–Crippen LogP) is 9.08. The molecule has 0 bridgehead atoms. The summed E-state index contributed by atoms with van der Waals surface area (Å²) in [7, 11) is 0. The Hall–Kier alpha value is -2.62. The number of benzene rings is 2. The molecule has 0 heterocycles.